The molecule has 102 valence electrons. The summed E-state index contributed by atoms with van der Waals surface area (Å²) in [6, 6.07) is 1.76. The number of amides is 2. The number of rotatable bonds is 2. The van der Waals surface area contributed by atoms with Crippen LogP contribution in [0.3, 0.4) is 0 Å². The van der Waals surface area contributed by atoms with Crippen molar-refractivity contribution in [2.75, 3.05) is 13.1 Å². The third-order valence-corrected chi connectivity index (χ3v) is 3.06. The third kappa shape index (κ3) is 2.59. The number of aromatic nitrogens is 1. The van der Waals surface area contributed by atoms with Gasteiger partial charge < -0.3 is 15.3 Å². The average Bonchev–Trinajstić information content (AvgIpc) is 2.36. The van der Waals surface area contributed by atoms with E-state index in [2.05, 4.69) is 10.3 Å². The molecular formula is C12H15N3O4. The van der Waals surface area contributed by atoms with E-state index in [0.717, 1.165) is 6.07 Å². The second-order valence-electron chi connectivity index (χ2n) is 4.33. The second-order valence-corrected chi connectivity index (χ2v) is 4.33. The van der Waals surface area contributed by atoms with E-state index in [4.69, 9.17) is 0 Å². The van der Waals surface area contributed by atoms with Gasteiger partial charge in [0.15, 0.2) is 5.88 Å². The summed E-state index contributed by atoms with van der Waals surface area (Å²) < 4.78 is 0. The fraction of sp³-hybridized carbons (Fsp3) is 0.417. The summed E-state index contributed by atoms with van der Waals surface area (Å²) >= 11 is 0. The van der Waals surface area contributed by atoms with Gasteiger partial charge in [-0.2, -0.15) is 0 Å². The normalized spacial score (nSPS) is 19.1. The van der Waals surface area contributed by atoms with Crippen LogP contribution in [0.1, 0.15) is 23.7 Å². The maximum Gasteiger partial charge on any atom is 0.254 e. The molecule has 1 aliphatic heterocycles. The first-order valence-corrected chi connectivity index (χ1v) is 6.05. The lowest BCUT2D eigenvalue weighted by Crippen LogP contribution is -2.56. The number of nitrogens with zero attached hydrogens (tertiary/aromatic N) is 1. The van der Waals surface area contributed by atoms with Gasteiger partial charge in [-0.3, -0.25) is 19.4 Å². The second kappa shape index (κ2) is 5.13. The average molecular weight is 265 g/mol. The molecule has 1 fully saturated rings. The van der Waals surface area contributed by atoms with Crippen molar-refractivity contribution in [3.05, 3.63) is 28.0 Å². The van der Waals surface area contributed by atoms with Crippen molar-refractivity contribution in [2.45, 2.75) is 19.4 Å². The van der Waals surface area contributed by atoms with Gasteiger partial charge in [0.05, 0.1) is 5.56 Å². The maximum absolute atomic E-state index is 12.3. The monoisotopic (exact) mass is 265 g/mol. The van der Waals surface area contributed by atoms with Crippen LogP contribution in [0.4, 0.5) is 0 Å². The summed E-state index contributed by atoms with van der Waals surface area (Å²) in [7, 11) is 0. The summed E-state index contributed by atoms with van der Waals surface area (Å²) in [5.41, 5.74) is -0.479. The number of aromatic hydroxyl groups is 1. The van der Waals surface area contributed by atoms with E-state index < -0.39 is 17.5 Å². The maximum atomic E-state index is 12.3. The molecule has 1 aromatic heterocycles. The smallest absolute Gasteiger partial charge is 0.254 e. The molecule has 2 amide bonds. The summed E-state index contributed by atoms with van der Waals surface area (Å²) in [5, 5.41) is 12.0. The van der Waals surface area contributed by atoms with Gasteiger partial charge in [-0.25, -0.2) is 0 Å². The van der Waals surface area contributed by atoms with Gasteiger partial charge in [-0.1, -0.05) is 6.92 Å². The highest BCUT2D eigenvalue weighted by atomic mass is 16.3. The zero-order chi connectivity index (χ0) is 14.0. The Kier molecular flexibility index (Phi) is 3.55. The van der Waals surface area contributed by atoms with Crippen molar-refractivity contribution in [1.29, 1.82) is 0 Å². The van der Waals surface area contributed by atoms with Crippen LogP contribution in [0.5, 0.6) is 5.88 Å². The van der Waals surface area contributed by atoms with Crippen molar-refractivity contribution < 1.29 is 14.7 Å². The first kappa shape index (κ1) is 13.1. The van der Waals surface area contributed by atoms with Gasteiger partial charge in [-0.15, -0.1) is 0 Å². The number of H-pyrrole nitrogens is 1. The quantitative estimate of drug-likeness (QED) is 0.666. The van der Waals surface area contributed by atoms with E-state index in [1.165, 1.54) is 11.0 Å². The molecule has 0 bridgehead atoms. The van der Waals surface area contributed by atoms with Crippen LogP contribution in [0.2, 0.25) is 0 Å². The zero-order valence-electron chi connectivity index (χ0n) is 10.5. The number of carbonyl (C=O) groups excluding carboxylic acids is 2. The molecule has 0 spiro atoms. The standard InChI is InChI=1S/C12H15N3O4/c1-2-8-11(18)13-3-4-15(8)12(19)7-5-9(16)14-10(17)6-7/h5-6,8H,2-4H2,1H3,(H,13,18)(H2,14,16,17). The van der Waals surface area contributed by atoms with Crippen molar-refractivity contribution >= 4 is 11.8 Å². The summed E-state index contributed by atoms with van der Waals surface area (Å²) in [4.78, 5) is 38.8. The fourth-order valence-electron chi connectivity index (χ4n) is 2.18. The Balaban J connectivity index is 2.31. The minimum absolute atomic E-state index is 0.0781. The van der Waals surface area contributed by atoms with Crippen LogP contribution in [0.25, 0.3) is 0 Å². The molecule has 7 heteroatoms. The lowest BCUT2D eigenvalue weighted by molar-refractivity contribution is -0.127. The van der Waals surface area contributed by atoms with Gasteiger partial charge in [0.2, 0.25) is 5.91 Å². The molecule has 7 nitrogen and oxygen atoms in total. The zero-order valence-corrected chi connectivity index (χ0v) is 10.5. The van der Waals surface area contributed by atoms with E-state index in [0.29, 0.717) is 19.5 Å². The van der Waals surface area contributed by atoms with Gasteiger partial charge in [0.1, 0.15) is 6.04 Å². The lowest BCUT2D eigenvalue weighted by atomic mass is 10.1. The number of aromatic amines is 1. The predicted octanol–water partition coefficient (Wildman–Crippen LogP) is -0.569. The van der Waals surface area contributed by atoms with E-state index in [-0.39, 0.29) is 17.4 Å². The van der Waals surface area contributed by atoms with Crippen LogP contribution in [-0.4, -0.2) is 45.9 Å². The Hall–Kier alpha value is -2.31. The summed E-state index contributed by atoms with van der Waals surface area (Å²) in [6.07, 6.45) is 0.493. The molecule has 0 aromatic carbocycles. The molecule has 3 N–H and O–H groups in total. The Morgan fingerprint density at radius 2 is 2.21 bits per heavy atom. The number of hydrogen-bond donors (Lipinski definition) is 3. The van der Waals surface area contributed by atoms with Crippen LogP contribution in [-0.2, 0) is 4.79 Å². The van der Waals surface area contributed by atoms with Gasteiger partial charge >= 0.3 is 0 Å². The molecule has 0 aliphatic carbocycles. The highest BCUT2D eigenvalue weighted by Gasteiger charge is 2.32. The molecule has 1 aromatic rings. The molecule has 2 rings (SSSR count). The predicted molar refractivity (Wildman–Crippen MR) is 66.9 cm³/mol. The van der Waals surface area contributed by atoms with Gasteiger partial charge in [0, 0.05) is 25.2 Å². The molecular weight excluding hydrogens is 250 g/mol. The Morgan fingerprint density at radius 1 is 1.47 bits per heavy atom. The number of nitrogens with one attached hydrogen (secondary N) is 2. The number of carbonyl (C=O) groups is 2. The molecule has 1 saturated heterocycles. The fourth-order valence-corrected chi connectivity index (χ4v) is 2.18. The van der Waals surface area contributed by atoms with Crippen molar-refractivity contribution in [3.63, 3.8) is 0 Å². The first-order chi connectivity index (χ1) is 9.02. The van der Waals surface area contributed by atoms with Crippen molar-refractivity contribution in [3.8, 4) is 5.88 Å². The van der Waals surface area contributed by atoms with Crippen LogP contribution in [0, 0.1) is 0 Å². The lowest BCUT2D eigenvalue weighted by Gasteiger charge is -2.34. The van der Waals surface area contributed by atoms with E-state index >= 15 is 0 Å². The molecule has 2 heterocycles. The largest absolute Gasteiger partial charge is 0.494 e. The first-order valence-electron chi connectivity index (χ1n) is 6.05. The van der Waals surface area contributed by atoms with E-state index in [9.17, 15) is 19.5 Å². The Bertz CT molecular complexity index is 566. The highest BCUT2D eigenvalue weighted by molar-refractivity contribution is 5.98. The van der Waals surface area contributed by atoms with Gasteiger partial charge in [-0.05, 0) is 6.42 Å². The third-order valence-electron chi connectivity index (χ3n) is 3.06. The van der Waals surface area contributed by atoms with Crippen LogP contribution < -0.4 is 10.9 Å². The molecule has 19 heavy (non-hydrogen) atoms. The highest BCUT2D eigenvalue weighted by Crippen LogP contribution is 2.14. The number of pyridine rings is 1. The number of hydrogen-bond acceptors (Lipinski definition) is 4. The van der Waals surface area contributed by atoms with Crippen LogP contribution in [0.15, 0.2) is 16.9 Å². The molecule has 0 radical (unpaired) electrons. The van der Waals surface area contributed by atoms with E-state index in [1.54, 1.807) is 0 Å². The topological polar surface area (TPSA) is 102 Å². The Labute approximate surface area is 109 Å². The van der Waals surface area contributed by atoms with Crippen molar-refractivity contribution in [2.24, 2.45) is 0 Å². The Morgan fingerprint density at radius 3 is 2.84 bits per heavy atom. The molecule has 0 saturated carbocycles. The van der Waals surface area contributed by atoms with Gasteiger partial charge in [0.25, 0.3) is 11.5 Å². The minimum Gasteiger partial charge on any atom is -0.494 e. The van der Waals surface area contributed by atoms with E-state index in [1.807, 2.05) is 6.92 Å². The molecule has 1 atom stereocenters. The molecule has 1 unspecified atom stereocenters. The van der Waals surface area contributed by atoms with Crippen molar-refractivity contribution in [1.82, 2.24) is 15.2 Å². The molecule has 1 aliphatic rings. The number of piperazine rings is 1. The minimum atomic E-state index is -0.558. The van der Waals surface area contributed by atoms with Crippen LogP contribution >= 0.6 is 0 Å². The SMILES string of the molecule is CCC1C(=O)NCCN1C(=O)c1cc(O)[nH]c(=O)c1. The summed E-state index contributed by atoms with van der Waals surface area (Å²) in [5.74, 6) is -0.996. The summed E-state index contributed by atoms with van der Waals surface area (Å²) in [6.45, 7) is 2.58.